The topological polar surface area (TPSA) is 28.2 Å². The van der Waals surface area contributed by atoms with Crippen LogP contribution in [0.2, 0.25) is 0 Å². The van der Waals surface area contributed by atoms with Gasteiger partial charge in [0.15, 0.2) is 0 Å². The summed E-state index contributed by atoms with van der Waals surface area (Å²) in [6.07, 6.45) is 0. The molecule has 0 aromatic carbocycles. The van der Waals surface area contributed by atoms with Crippen molar-refractivity contribution in [2.75, 3.05) is 30.8 Å². The Labute approximate surface area is 121 Å². The molecule has 0 radical (unpaired) electrons. The molecule has 1 aliphatic heterocycles. The molecule has 0 saturated carbocycles. The molecule has 2 rings (SSSR count). The molecule has 1 fully saturated rings. The molecule has 4 heteroatoms. The van der Waals surface area contributed by atoms with E-state index in [4.69, 9.17) is 4.98 Å². The smallest absolute Gasteiger partial charge is 0.129 e. The molecule has 1 aromatic heterocycles. The van der Waals surface area contributed by atoms with Crippen LogP contribution in [0.4, 0.5) is 5.82 Å². The van der Waals surface area contributed by atoms with Crippen molar-refractivity contribution >= 4 is 17.6 Å². The van der Waals surface area contributed by atoms with E-state index in [2.05, 4.69) is 54.9 Å². The quantitative estimate of drug-likeness (QED) is 0.917. The number of aromatic nitrogens is 1. The normalized spacial score (nSPS) is 20.1. The molecule has 1 N–H and O–H groups in total. The molecule has 0 bridgehead atoms. The lowest BCUT2D eigenvalue weighted by Gasteiger charge is -2.32. The third-order valence-corrected chi connectivity index (χ3v) is 4.57. The SMILES string of the molecule is CNCc1cc(C(C)C)nc(N2CCSC(C)C2)c1. The Bertz CT molecular complexity index is 420. The van der Waals surface area contributed by atoms with Gasteiger partial charge in [-0.25, -0.2) is 4.98 Å². The largest absolute Gasteiger partial charge is 0.355 e. The maximum absolute atomic E-state index is 4.86. The second-order valence-electron chi connectivity index (χ2n) is 5.57. The van der Waals surface area contributed by atoms with Crippen LogP contribution in [0, 0.1) is 0 Å². The molecule has 0 spiro atoms. The number of nitrogens with one attached hydrogen (secondary N) is 1. The van der Waals surface area contributed by atoms with Crippen LogP contribution >= 0.6 is 11.8 Å². The highest BCUT2D eigenvalue weighted by atomic mass is 32.2. The highest BCUT2D eigenvalue weighted by Crippen LogP contribution is 2.25. The summed E-state index contributed by atoms with van der Waals surface area (Å²) in [4.78, 5) is 7.30. The summed E-state index contributed by atoms with van der Waals surface area (Å²) in [7, 11) is 1.99. The van der Waals surface area contributed by atoms with Crippen molar-refractivity contribution in [2.45, 2.75) is 38.5 Å². The molecule has 0 aliphatic carbocycles. The minimum atomic E-state index is 0.479. The van der Waals surface area contributed by atoms with E-state index in [0.717, 1.165) is 25.5 Å². The van der Waals surface area contributed by atoms with Crippen molar-refractivity contribution in [1.29, 1.82) is 0 Å². The first-order valence-corrected chi connectivity index (χ1v) is 8.17. The number of nitrogens with zero attached hydrogens (tertiary/aromatic N) is 2. The standard InChI is InChI=1S/C15H25N3S/c1-11(2)14-7-13(9-16-4)8-15(17-14)18-5-6-19-12(3)10-18/h7-8,11-12,16H,5-6,9-10H2,1-4H3. The van der Waals surface area contributed by atoms with Gasteiger partial charge in [-0.1, -0.05) is 20.8 Å². The molecule has 2 heterocycles. The van der Waals surface area contributed by atoms with Gasteiger partial charge >= 0.3 is 0 Å². The van der Waals surface area contributed by atoms with Crippen LogP contribution in [0.25, 0.3) is 0 Å². The molecule has 1 atom stereocenters. The minimum absolute atomic E-state index is 0.479. The summed E-state index contributed by atoms with van der Waals surface area (Å²) in [5.41, 5.74) is 2.54. The van der Waals surface area contributed by atoms with Crippen LogP contribution in [0.1, 0.15) is 37.9 Å². The van der Waals surface area contributed by atoms with Gasteiger partial charge in [0.2, 0.25) is 0 Å². The summed E-state index contributed by atoms with van der Waals surface area (Å²) in [5.74, 6) is 2.84. The van der Waals surface area contributed by atoms with E-state index in [0.29, 0.717) is 11.2 Å². The minimum Gasteiger partial charge on any atom is -0.355 e. The number of hydrogen-bond donors (Lipinski definition) is 1. The predicted molar refractivity (Wildman–Crippen MR) is 85.2 cm³/mol. The van der Waals surface area contributed by atoms with Crippen LogP contribution in [0.3, 0.4) is 0 Å². The Hall–Kier alpha value is -0.740. The fourth-order valence-electron chi connectivity index (χ4n) is 2.38. The van der Waals surface area contributed by atoms with Crippen molar-refractivity contribution in [3.05, 3.63) is 23.4 Å². The average molecular weight is 279 g/mol. The molecule has 1 unspecified atom stereocenters. The average Bonchev–Trinajstić information content (AvgIpc) is 2.38. The van der Waals surface area contributed by atoms with Crippen LogP contribution < -0.4 is 10.2 Å². The molecule has 1 aromatic rings. The number of hydrogen-bond acceptors (Lipinski definition) is 4. The summed E-state index contributed by atoms with van der Waals surface area (Å²) in [6.45, 7) is 9.86. The van der Waals surface area contributed by atoms with E-state index in [-0.39, 0.29) is 0 Å². The Morgan fingerprint density at radius 3 is 2.89 bits per heavy atom. The lowest BCUT2D eigenvalue weighted by Crippen LogP contribution is -2.37. The molecular formula is C15H25N3S. The van der Waals surface area contributed by atoms with E-state index >= 15 is 0 Å². The second-order valence-corrected chi connectivity index (χ2v) is 7.12. The lowest BCUT2D eigenvalue weighted by molar-refractivity contribution is 0.744. The van der Waals surface area contributed by atoms with E-state index in [9.17, 15) is 0 Å². The first kappa shape index (κ1) is 14.7. The molecule has 1 aliphatic rings. The fourth-order valence-corrected chi connectivity index (χ4v) is 3.40. The van der Waals surface area contributed by atoms with E-state index in [1.165, 1.54) is 17.0 Å². The van der Waals surface area contributed by atoms with Crippen molar-refractivity contribution in [2.24, 2.45) is 0 Å². The molecule has 106 valence electrons. The van der Waals surface area contributed by atoms with E-state index in [1.54, 1.807) is 0 Å². The third-order valence-electron chi connectivity index (χ3n) is 3.43. The zero-order valence-corrected chi connectivity index (χ0v) is 13.3. The molecule has 3 nitrogen and oxygen atoms in total. The summed E-state index contributed by atoms with van der Waals surface area (Å²) < 4.78 is 0. The number of pyridine rings is 1. The van der Waals surface area contributed by atoms with Gasteiger partial charge in [-0.2, -0.15) is 11.8 Å². The third kappa shape index (κ3) is 3.86. The van der Waals surface area contributed by atoms with Gasteiger partial charge in [-0.15, -0.1) is 0 Å². The Morgan fingerprint density at radius 2 is 2.26 bits per heavy atom. The van der Waals surface area contributed by atoms with Crippen molar-refractivity contribution in [3.63, 3.8) is 0 Å². The zero-order chi connectivity index (χ0) is 13.8. The Balaban J connectivity index is 2.27. The second kappa shape index (κ2) is 6.62. The lowest BCUT2D eigenvalue weighted by atomic mass is 10.1. The molecule has 19 heavy (non-hydrogen) atoms. The van der Waals surface area contributed by atoms with Crippen molar-refractivity contribution in [3.8, 4) is 0 Å². The molecule has 1 saturated heterocycles. The fraction of sp³-hybridized carbons (Fsp3) is 0.667. The number of thioether (sulfide) groups is 1. The van der Waals surface area contributed by atoms with Crippen LogP contribution in [0.5, 0.6) is 0 Å². The highest BCUT2D eigenvalue weighted by molar-refractivity contribution is 8.00. The molecular weight excluding hydrogens is 254 g/mol. The van der Waals surface area contributed by atoms with Gasteiger partial charge in [0.1, 0.15) is 5.82 Å². The van der Waals surface area contributed by atoms with Crippen LogP contribution in [-0.2, 0) is 6.54 Å². The first-order chi connectivity index (χ1) is 9.10. The van der Waals surface area contributed by atoms with Crippen molar-refractivity contribution < 1.29 is 0 Å². The van der Waals surface area contributed by atoms with Gasteiger partial charge in [0.05, 0.1) is 0 Å². The van der Waals surface area contributed by atoms with E-state index < -0.39 is 0 Å². The zero-order valence-electron chi connectivity index (χ0n) is 12.4. The number of rotatable bonds is 4. The maximum Gasteiger partial charge on any atom is 0.129 e. The molecule has 0 amide bonds. The van der Waals surface area contributed by atoms with Crippen LogP contribution in [0.15, 0.2) is 12.1 Å². The van der Waals surface area contributed by atoms with Gasteiger partial charge in [0.25, 0.3) is 0 Å². The highest BCUT2D eigenvalue weighted by Gasteiger charge is 2.19. The Morgan fingerprint density at radius 1 is 1.47 bits per heavy atom. The number of anilines is 1. The first-order valence-electron chi connectivity index (χ1n) is 7.12. The van der Waals surface area contributed by atoms with Gasteiger partial charge in [-0.05, 0) is 30.7 Å². The predicted octanol–water partition coefficient (Wildman–Crippen LogP) is 2.87. The maximum atomic E-state index is 4.86. The summed E-state index contributed by atoms with van der Waals surface area (Å²) in [5, 5.41) is 3.94. The summed E-state index contributed by atoms with van der Waals surface area (Å²) in [6, 6.07) is 4.47. The monoisotopic (exact) mass is 279 g/mol. The summed E-state index contributed by atoms with van der Waals surface area (Å²) >= 11 is 2.06. The van der Waals surface area contributed by atoms with Gasteiger partial charge in [0, 0.05) is 36.3 Å². The Kier molecular flexibility index (Phi) is 5.11. The van der Waals surface area contributed by atoms with Gasteiger partial charge in [-0.3, -0.25) is 0 Å². The van der Waals surface area contributed by atoms with Gasteiger partial charge < -0.3 is 10.2 Å². The van der Waals surface area contributed by atoms with Crippen molar-refractivity contribution in [1.82, 2.24) is 10.3 Å². The van der Waals surface area contributed by atoms with E-state index in [1.807, 2.05) is 7.05 Å². The van der Waals surface area contributed by atoms with Crippen LogP contribution in [-0.4, -0.2) is 36.1 Å².